The van der Waals surface area contributed by atoms with Gasteiger partial charge in [-0.1, -0.05) is 12.1 Å². The van der Waals surface area contributed by atoms with Crippen molar-refractivity contribution in [2.75, 3.05) is 19.7 Å². The molecule has 5 nitrogen and oxygen atoms in total. The lowest BCUT2D eigenvalue weighted by molar-refractivity contribution is 0.250. The summed E-state index contributed by atoms with van der Waals surface area (Å²) < 4.78 is 32.8. The Kier molecular flexibility index (Phi) is 2.83. The van der Waals surface area contributed by atoms with Gasteiger partial charge in [-0.05, 0) is 25.1 Å². The number of nitrogens with zero attached hydrogens (tertiary/aromatic N) is 1. The van der Waals surface area contributed by atoms with Crippen LogP contribution in [0.1, 0.15) is 12.0 Å². The molecule has 2 aliphatic rings. The molecule has 1 aromatic rings. The second-order valence-corrected chi connectivity index (χ2v) is 6.11. The number of hydrogen-bond acceptors (Lipinski definition) is 4. The van der Waals surface area contributed by atoms with E-state index in [9.17, 15) is 8.42 Å². The van der Waals surface area contributed by atoms with Crippen LogP contribution in [0.2, 0.25) is 0 Å². The molecular formula is C12H14N2O3S. The highest BCUT2D eigenvalue weighted by Crippen LogP contribution is 2.26. The van der Waals surface area contributed by atoms with Crippen molar-refractivity contribution in [1.29, 1.82) is 0 Å². The van der Waals surface area contributed by atoms with Crippen LogP contribution in [0.25, 0.3) is 0 Å². The molecule has 0 aromatic heterocycles. The minimum atomic E-state index is -3.55. The molecule has 2 heterocycles. The first kappa shape index (κ1) is 11.7. The minimum absolute atomic E-state index is 0.234. The van der Waals surface area contributed by atoms with Crippen LogP contribution >= 0.6 is 0 Å². The maximum atomic E-state index is 11.8. The normalized spacial score (nSPS) is 24.7. The molecule has 3 rings (SSSR count). The highest BCUT2D eigenvalue weighted by Gasteiger charge is 2.30. The van der Waals surface area contributed by atoms with Gasteiger partial charge < -0.3 is 10.1 Å². The zero-order chi connectivity index (χ0) is 12.6. The highest BCUT2D eigenvalue weighted by molar-refractivity contribution is 7.90. The van der Waals surface area contributed by atoms with Crippen LogP contribution in [-0.4, -0.2) is 34.0 Å². The average molecular weight is 266 g/mol. The monoisotopic (exact) mass is 266 g/mol. The molecule has 2 aliphatic heterocycles. The molecule has 1 N–H and O–H groups in total. The Morgan fingerprint density at radius 2 is 2.22 bits per heavy atom. The molecule has 0 spiro atoms. The SMILES string of the molecule is O=S1(=O)N=C(OC[C@H]2CCNC2)c2ccccc21. The van der Waals surface area contributed by atoms with E-state index in [2.05, 4.69) is 9.71 Å². The Bertz CT molecular complexity index is 589. The van der Waals surface area contributed by atoms with Gasteiger partial charge >= 0.3 is 0 Å². The first-order valence-corrected chi connectivity index (χ1v) is 7.39. The summed E-state index contributed by atoms with van der Waals surface area (Å²) in [6.07, 6.45) is 1.06. The molecule has 0 bridgehead atoms. The van der Waals surface area contributed by atoms with Crippen molar-refractivity contribution in [3.63, 3.8) is 0 Å². The van der Waals surface area contributed by atoms with Crippen molar-refractivity contribution in [1.82, 2.24) is 5.32 Å². The Morgan fingerprint density at radius 1 is 1.39 bits per heavy atom. The minimum Gasteiger partial charge on any atom is -0.476 e. The first-order chi connectivity index (χ1) is 8.67. The molecule has 6 heteroatoms. The Hall–Kier alpha value is -1.40. The lowest BCUT2D eigenvalue weighted by Gasteiger charge is -2.10. The molecule has 0 radical (unpaired) electrons. The summed E-state index contributed by atoms with van der Waals surface area (Å²) in [4.78, 5) is 0.240. The second-order valence-electron chi connectivity index (χ2n) is 4.54. The van der Waals surface area contributed by atoms with E-state index in [1.54, 1.807) is 24.3 Å². The summed E-state index contributed by atoms with van der Waals surface area (Å²) in [5.41, 5.74) is 0.573. The van der Waals surface area contributed by atoms with Crippen LogP contribution in [0.4, 0.5) is 0 Å². The largest absolute Gasteiger partial charge is 0.476 e. The summed E-state index contributed by atoms with van der Waals surface area (Å²) in [5.74, 6) is 0.667. The van der Waals surface area contributed by atoms with Crippen molar-refractivity contribution in [3.05, 3.63) is 29.8 Å². The van der Waals surface area contributed by atoms with E-state index < -0.39 is 10.0 Å². The lowest BCUT2D eigenvalue weighted by Crippen LogP contribution is -2.16. The second kappa shape index (κ2) is 4.37. The summed E-state index contributed by atoms with van der Waals surface area (Å²) in [6, 6.07) is 6.76. The van der Waals surface area contributed by atoms with Gasteiger partial charge in [0.1, 0.15) is 4.90 Å². The van der Waals surface area contributed by atoms with Crippen molar-refractivity contribution in [2.45, 2.75) is 11.3 Å². The van der Waals surface area contributed by atoms with Crippen LogP contribution in [0.3, 0.4) is 0 Å². The van der Waals surface area contributed by atoms with Gasteiger partial charge in [0.15, 0.2) is 0 Å². The molecule has 18 heavy (non-hydrogen) atoms. The van der Waals surface area contributed by atoms with Crippen LogP contribution in [-0.2, 0) is 14.8 Å². The van der Waals surface area contributed by atoms with Gasteiger partial charge in [0.2, 0.25) is 5.90 Å². The molecule has 0 saturated carbocycles. The molecule has 1 aromatic carbocycles. The lowest BCUT2D eigenvalue weighted by atomic mass is 10.1. The van der Waals surface area contributed by atoms with Gasteiger partial charge in [-0.15, -0.1) is 4.40 Å². The molecule has 1 atom stereocenters. The zero-order valence-corrected chi connectivity index (χ0v) is 10.6. The molecule has 1 saturated heterocycles. The first-order valence-electron chi connectivity index (χ1n) is 5.95. The van der Waals surface area contributed by atoms with E-state index in [-0.39, 0.29) is 10.8 Å². The molecule has 96 valence electrons. The maximum absolute atomic E-state index is 11.8. The standard InChI is InChI=1S/C12H14N2O3S/c15-18(16)11-4-2-1-3-10(11)12(14-18)17-8-9-5-6-13-7-9/h1-4,9,13H,5-8H2/t9-/m0/s1. The number of rotatable bonds is 2. The highest BCUT2D eigenvalue weighted by atomic mass is 32.2. The van der Waals surface area contributed by atoms with Gasteiger partial charge in [0, 0.05) is 12.5 Å². The van der Waals surface area contributed by atoms with Gasteiger partial charge in [-0.25, -0.2) is 0 Å². The number of hydrogen-bond donors (Lipinski definition) is 1. The van der Waals surface area contributed by atoms with E-state index in [1.807, 2.05) is 0 Å². The summed E-state index contributed by atoms with van der Waals surface area (Å²) >= 11 is 0. The van der Waals surface area contributed by atoms with Crippen LogP contribution in [0.5, 0.6) is 0 Å². The Labute approximate surface area is 106 Å². The predicted octanol–water partition coefficient (Wildman–Crippen LogP) is 0.762. The Morgan fingerprint density at radius 3 is 3.00 bits per heavy atom. The number of benzene rings is 1. The number of ether oxygens (including phenoxy) is 1. The van der Waals surface area contributed by atoms with E-state index in [0.717, 1.165) is 19.5 Å². The van der Waals surface area contributed by atoms with E-state index >= 15 is 0 Å². The number of sulfonamides is 1. The van der Waals surface area contributed by atoms with Gasteiger partial charge in [-0.2, -0.15) is 8.42 Å². The zero-order valence-electron chi connectivity index (χ0n) is 9.80. The third-order valence-corrected chi connectivity index (χ3v) is 4.53. The van der Waals surface area contributed by atoms with Crippen molar-refractivity contribution < 1.29 is 13.2 Å². The molecule has 0 aliphatic carbocycles. The van der Waals surface area contributed by atoms with Crippen LogP contribution in [0, 0.1) is 5.92 Å². The van der Waals surface area contributed by atoms with Crippen LogP contribution < -0.4 is 5.32 Å². The predicted molar refractivity (Wildman–Crippen MR) is 67.1 cm³/mol. The van der Waals surface area contributed by atoms with E-state index in [0.29, 0.717) is 18.1 Å². The number of nitrogens with one attached hydrogen (secondary N) is 1. The molecule has 0 amide bonds. The van der Waals surface area contributed by atoms with E-state index in [4.69, 9.17) is 4.74 Å². The van der Waals surface area contributed by atoms with Crippen molar-refractivity contribution in [2.24, 2.45) is 10.3 Å². The van der Waals surface area contributed by atoms with Crippen molar-refractivity contribution in [3.8, 4) is 0 Å². The third kappa shape index (κ3) is 2.02. The fourth-order valence-corrected chi connectivity index (χ4v) is 3.38. The Balaban J connectivity index is 1.81. The van der Waals surface area contributed by atoms with Gasteiger partial charge in [0.25, 0.3) is 10.0 Å². The fraction of sp³-hybridized carbons (Fsp3) is 0.417. The van der Waals surface area contributed by atoms with Crippen LogP contribution in [0.15, 0.2) is 33.6 Å². The summed E-state index contributed by atoms with van der Waals surface area (Å²) in [5, 5.41) is 3.24. The third-order valence-electron chi connectivity index (χ3n) is 3.22. The van der Waals surface area contributed by atoms with Gasteiger partial charge in [0.05, 0.1) is 12.2 Å². The topological polar surface area (TPSA) is 67.8 Å². The van der Waals surface area contributed by atoms with Crippen molar-refractivity contribution >= 4 is 15.9 Å². The summed E-state index contributed by atoms with van der Waals surface area (Å²) in [6.45, 7) is 2.42. The smallest absolute Gasteiger partial charge is 0.286 e. The maximum Gasteiger partial charge on any atom is 0.286 e. The molecular weight excluding hydrogens is 252 g/mol. The van der Waals surface area contributed by atoms with Gasteiger partial charge in [-0.3, -0.25) is 0 Å². The quantitative estimate of drug-likeness (QED) is 0.858. The molecule has 1 fully saturated rings. The number of fused-ring (bicyclic) bond motifs is 1. The summed E-state index contributed by atoms with van der Waals surface area (Å²) in [7, 11) is -3.55. The molecule has 0 unspecified atom stereocenters. The average Bonchev–Trinajstić information content (AvgIpc) is 2.95. The fourth-order valence-electron chi connectivity index (χ4n) is 2.23. The van der Waals surface area contributed by atoms with E-state index in [1.165, 1.54) is 0 Å².